The molecule has 3 heteroatoms. The summed E-state index contributed by atoms with van der Waals surface area (Å²) >= 11 is 0. The van der Waals surface area contributed by atoms with E-state index in [4.69, 9.17) is 5.10 Å². The Morgan fingerprint density at radius 1 is 1.22 bits per heavy atom. The fourth-order valence-electron chi connectivity index (χ4n) is 3.40. The Balaban J connectivity index is 1.60. The number of ketones is 1. The van der Waals surface area contributed by atoms with Crippen molar-refractivity contribution >= 4 is 5.78 Å². The van der Waals surface area contributed by atoms with Gasteiger partial charge in [0, 0.05) is 19.0 Å². The van der Waals surface area contributed by atoms with E-state index in [1.54, 1.807) is 0 Å². The monoisotopic (exact) mass is 246 g/mol. The maximum atomic E-state index is 11.3. The van der Waals surface area contributed by atoms with Gasteiger partial charge in [-0.2, -0.15) is 5.10 Å². The van der Waals surface area contributed by atoms with E-state index in [2.05, 4.69) is 16.9 Å². The van der Waals surface area contributed by atoms with Crippen molar-refractivity contribution in [3.63, 3.8) is 0 Å². The summed E-state index contributed by atoms with van der Waals surface area (Å²) in [4.78, 5) is 11.3. The van der Waals surface area contributed by atoms with Crippen LogP contribution in [0.1, 0.15) is 63.1 Å². The molecule has 0 radical (unpaired) electrons. The van der Waals surface area contributed by atoms with Crippen LogP contribution in [-0.4, -0.2) is 15.6 Å². The van der Waals surface area contributed by atoms with Crippen molar-refractivity contribution in [3.8, 4) is 0 Å². The fraction of sp³-hybridized carbons (Fsp3) is 0.733. The van der Waals surface area contributed by atoms with Crippen LogP contribution >= 0.6 is 0 Å². The van der Waals surface area contributed by atoms with Crippen LogP contribution in [0.15, 0.2) is 12.3 Å². The zero-order valence-electron chi connectivity index (χ0n) is 11.0. The maximum Gasteiger partial charge on any atom is 0.133 e. The molecule has 0 amide bonds. The van der Waals surface area contributed by atoms with Crippen molar-refractivity contribution in [2.75, 3.05) is 0 Å². The van der Waals surface area contributed by atoms with Crippen LogP contribution in [0.5, 0.6) is 0 Å². The van der Waals surface area contributed by atoms with Gasteiger partial charge in [-0.25, -0.2) is 0 Å². The van der Waals surface area contributed by atoms with Crippen LogP contribution in [0, 0.1) is 5.92 Å². The first kappa shape index (κ1) is 11.9. The van der Waals surface area contributed by atoms with Crippen molar-refractivity contribution in [2.24, 2.45) is 5.92 Å². The normalized spacial score (nSPS) is 25.8. The van der Waals surface area contributed by atoms with Crippen LogP contribution in [0.25, 0.3) is 0 Å². The third-order valence-electron chi connectivity index (χ3n) is 4.46. The second-order valence-corrected chi connectivity index (χ2v) is 5.93. The Hall–Kier alpha value is -1.12. The van der Waals surface area contributed by atoms with Crippen molar-refractivity contribution in [2.45, 2.75) is 63.8 Å². The molecule has 0 bridgehead atoms. The molecule has 2 aliphatic carbocycles. The Morgan fingerprint density at radius 2 is 2.06 bits per heavy atom. The molecule has 0 spiro atoms. The number of carbonyl (C=O) groups is 1. The van der Waals surface area contributed by atoms with Gasteiger partial charge >= 0.3 is 0 Å². The molecule has 3 rings (SSSR count). The largest absolute Gasteiger partial charge is 0.300 e. The van der Waals surface area contributed by atoms with Gasteiger partial charge in [-0.1, -0.05) is 19.3 Å². The summed E-state index contributed by atoms with van der Waals surface area (Å²) in [5.41, 5.74) is 1.18. The first-order valence-corrected chi connectivity index (χ1v) is 7.37. The topological polar surface area (TPSA) is 34.9 Å². The third-order valence-corrected chi connectivity index (χ3v) is 4.46. The summed E-state index contributed by atoms with van der Waals surface area (Å²) in [6.07, 6.45) is 12.4. The highest BCUT2D eigenvalue weighted by Gasteiger charge is 2.23. The molecule has 2 saturated carbocycles. The highest BCUT2D eigenvalue weighted by molar-refractivity contribution is 5.80. The highest BCUT2D eigenvalue weighted by atomic mass is 16.1. The quantitative estimate of drug-likeness (QED) is 0.820. The van der Waals surface area contributed by atoms with Gasteiger partial charge in [-0.15, -0.1) is 0 Å². The summed E-state index contributed by atoms with van der Waals surface area (Å²) in [7, 11) is 0. The number of hydrogen-bond donors (Lipinski definition) is 0. The Kier molecular flexibility index (Phi) is 3.48. The molecule has 1 unspecified atom stereocenters. The van der Waals surface area contributed by atoms with Crippen molar-refractivity contribution < 1.29 is 4.79 Å². The Labute approximate surface area is 109 Å². The van der Waals surface area contributed by atoms with Gasteiger partial charge in [0.25, 0.3) is 0 Å². The van der Waals surface area contributed by atoms with E-state index in [0.717, 1.165) is 25.7 Å². The number of Topliss-reactive ketones (excluding diaryl/α,β-unsaturated/α-hetero) is 1. The van der Waals surface area contributed by atoms with E-state index in [1.165, 1.54) is 37.8 Å². The molecule has 1 heterocycles. The Morgan fingerprint density at radius 3 is 2.78 bits per heavy atom. The lowest BCUT2D eigenvalue weighted by atomic mass is 9.96. The minimum absolute atomic E-state index is 0.437. The predicted molar refractivity (Wildman–Crippen MR) is 70.4 cm³/mol. The molecule has 0 aromatic carbocycles. The summed E-state index contributed by atoms with van der Waals surface area (Å²) < 4.78 is 2.17. The van der Waals surface area contributed by atoms with Crippen LogP contribution in [0.2, 0.25) is 0 Å². The standard InChI is InChI=1S/C15H22N2O/c18-15-7-6-12(11-15)10-13-8-9-17(16-13)14-4-2-1-3-5-14/h8-9,12,14H,1-7,10-11H2. The predicted octanol–water partition coefficient (Wildman–Crippen LogP) is 3.30. The molecular weight excluding hydrogens is 224 g/mol. The molecule has 18 heavy (non-hydrogen) atoms. The lowest BCUT2D eigenvalue weighted by Crippen LogP contribution is -2.13. The second-order valence-electron chi connectivity index (χ2n) is 5.93. The first-order valence-electron chi connectivity index (χ1n) is 7.37. The number of nitrogens with zero attached hydrogens (tertiary/aromatic N) is 2. The average molecular weight is 246 g/mol. The molecule has 2 aliphatic rings. The van der Waals surface area contributed by atoms with Gasteiger partial charge in [0.15, 0.2) is 0 Å². The van der Waals surface area contributed by atoms with E-state index in [9.17, 15) is 4.79 Å². The van der Waals surface area contributed by atoms with Gasteiger partial charge in [0.1, 0.15) is 5.78 Å². The van der Waals surface area contributed by atoms with E-state index >= 15 is 0 Å². The average Bonchev–Trinajstić information content (AvgIpc) is 3.01. The molecule has 1 aromatic heterocycles. The molecule has 0 N–H and O–H groups in total. The lowest BCUT2D eigenvalue weighted by molar-refractivity contribution is -0.117. The van der Waals surface area contributed by atoms with Crippen LogP contribution < -0.4 is 0 Å². The van der Waals surface area contributed by atoms with Gasteiger partial charge < -0.3 is 0 Å². The summed E-state index contributed by atoms with van der Waals surface area (Å²) in [5, 5.41) is 4.73. The van der Waals surface area contributed by atoms with Crippen molar-refractivity contribution in [3.05, 3.63) is 18.0 Å². The van der Waals surface area contributed by atoms with Crippen LogP contribution in [-0.2, 0) is 11.2 Å². The minimum atomic E-state index is 0.437. The van der Waals surface area contributed by atoms with Gasteiger partial charge in [0.05, 0.1) is 11.7 Å². The molecule has 2 fully saturated rings. The van der Waals surface area contributed by atoms with E-state index < -0.39 is 0 Å². The van der Waals surface area contributed by atoms with E-state index in [0.29, 0.717) is 17.7 Å². The second kappa shape index (κ2) is 5.25. The van der Waals surface area contributed by atoms with Crippen molar-refractivity contribution in [1.29, 1.82) is 0 Å². The Bertz CT molecular complexity index is 418. The SMILES string of the molecule is O=C1CCC(Cc2ccn(C3CCCCC3)n2)C1. The van der Waals surface area contributed by atoms with Crippen LogP contribution in [0.4, 0.5) is 0 Å². The number of carbonyl (C=O) groups excluding carboxylic acids is 1. The smallest absolute Gasteiger partial charge is 0.133 e. The van der Waals surface area contributed by atoms with Gasteiger partial charge in [0.2, 0.25) is 0 Å². The van der Waals surface area contributed by atoms with Crippen molar-refractivity contribution in [1.82, 2.24) is 9.78 Å². The fourth-order valence-corrected chi connectivity index (χ4v) is 3.40. The summed E-state index contributed by atoms with van der Waals surface area (Å²) in [6.45, 7) is 0. The van der Waals surface area contributed by atoms with Gasteiger partial charge in [-0.05, 0) is 37.7 Å². The number of rotatable bonds is 3. The number of aromatic nitrogens is 2. The maximum absolute atomic E-state index is 11.3. The summed E-state index contributed by atoms with van der Waals surface area (Å²) in [6, 6.07) is 2.77. The molecular formula is C15H22N2O. The zero-order valence-corrected chi connectivity index (χ0v) is 11.0. The first-order chi connectivity index (χ1) is 8.81. The van der Waals surface area contributed by atoms with Gasteiger partial charge in [-0.3, -0.25) is 9.48 Å². The van der Waals surface area contributed by atoms with E-state index in [-0.39, 0.29) is 0 Å². The molecule has 0 saturated heterocycles. The summed E-state index contributed by atoms with van der Waals surface area (Å²) in [5.74, 6) is 0.985. The molecule has 3 nitrogen and oxygen atoms in total. The van der Waals surface area contributed by atoms with E-state index in [1.807, 2.05) is 0 Å². The highest BCUT2D eigenvalue weighted by Crippen LogP contribution is 2.29. The molecule has 98 valence electrons. The zero-order chi connectivity index (χ0) is 12.4. The molecule has 1 atom stereocenters. The third kappa shape index (κ3) is 2.65. The van der Waals surface area contributed by atoms with Crippen LogP contribution in [0.3, 0.4) is 0 Å². The lowest BCUT2D eigenvalue weighted by Gasteiger charge is -2.21. The number of hydrogen-bond acceptors (Lipinski definition) is 2. The molecule has 1 aromatic rings. The molecule has 0 aliphatic heterocycles. The minimum Gasteiger partial charge on any atom is -0.300 e.